The maximum Gasteiger partial charge on any atom is 3.00 e. The maximum absolute atomic E-state index is 10.0. The fraction of sp³-hybridized carbons (Fsp3) is 0.900. The smallest absolute Gasteiger partial charge is 0.550 e. The topological polar surface area (TPSA) is 120 Å². The zero-order valence-electron chi connectivity index (χ0n) is 24.5. The Balaban J connectivity index is -0.000000218. The van der Waals surface area contributed by atoms with Crippen molar-refractivity contribution in [1.29, 1.82) is 0 Å². The van der Waals surface area contributed by atoms with Crippen molar-refractivity contribution in [2.45, 2.75) is 175 Å². The molecule has 0 fully saturated rings. The number of carbonyl (C=O) groups excluding carboxylic acids is 3. The molecule has 7 heteroatoms. The van der Waals surface area contributed by atoms with Gasteiger partial charge in [0.25, 0.3) is 0 Å². The Morgan fingerprint density at radius 2 is 0.514 bits per heavy atom. The second kappa shape index (κ2) is 40.0. The Bertz CT molecular complexity index is 404. The van der Waals surface area contributed by atoms with Crippen molar-refractivity contribution in [3.63, 3.8) is 0 Å². The number of carbonyl (C=O) groups is 3. The molecule has 0 aliphatic carbocycles. The monoisotopic (exact) mass is 602 g/mol. The predicted octanol–water partition coefficient (Wildman–Crippen LogP) is 5.63. The van der Waals surface area contributed by atoms with Crippen molar-refractivity contribution in [2.24, 2.45) is 0 Å². The number of unbranched alkanes of at least 4 members (excludes halogenated alkanes) is 18. The molecule has 0 saturated carbocycles. The quantitative estimate of drug-likeness (QED) is 0.132. The fourth-order valence-corrected chi connectivity index (χ4v) is 3.68. The second-order valence-electron chi connectivity index (χ2n) is 9.73. The summed E-state index contributed by atoms with van der Waals surface area (Å²) in [4.78, 5) is 30.1. The zero-order valence-corrected chi connectivity index (χ0v) is 27.3. The van der Waals surface area contributed by atoms with Crippen molar-refractivity contribution >= 4 is 17.9 Å². The summed E-state index contributed by atoms with van der Waals surface area (Å²) in [7, 11) is 0. The molecule has 216 valence electrons. The molecule has 0 aromatic rings. The van der Waals surface area contributed by atoms with Gasteiger partial charge in [-0.2, -0.15) is 0 Å². The van der Waals surface area contributed by atoms with Crippen LogP contribution in [0.4, 0.5) is 0 Å². The summed E-state index contributed by atoms with van der Waals surface area (Å²) in [5.74, 6) is -2.74. The first-order valence-corrected chi connectivity index (χ1v) is 14.9. The van der Waals surface area contributed by atoms with E-state index in [1.807, 2.05) is 0 Å². The van der Waals surface area contributed by atoms with Gasteiger partial charge in [-0.05, 0) is 38.5 Å². The van der Waals surface area contributed by atoms with E-state index in [9.17, 15) is 29.7 Å². The number of hydrogen-bond acceptors (Lipinski definition) is 6. The molecule has 0 aromatic heterocycles. The van der Waals surface area contributed by atoms with Gasteiger partial charge in [0.05, 0.1) is 0 Å². The van der Waals surface area contributed by atoms with Crippen LogP contribution >= 0.6 is 0 Å². The maximum atomic E-state index is 10.0. The van der Waals surface area contributed by atoms with E-state index in [4.69, 9.17) is 0 Å². The van der Waals surface area contributed by atoms with E-state index in [1.165, 1.54) is 96.3 Å². The molecular formula is C30H57O6Y. The third-order valence-corrected chi connectivity index (χ3v) is 5.95. The van der Waals surface area contributed by atoms with Crippen LogP contribution in [0.1, 0.15) is 175 Å². The van der Waals surface area contributed by atoms with Crippen LogP contribution < -0.4 is 15.3 Å². The van der Waals surface area contributed by atoms with Crippen LogP contribution in [-0.2, 0) is 47.1 Å². The summed E-state index contributed by atoms with van der Waals surface area (Å²) in [5.41, 5.74) is 0. The molecule has 0 amide bonds. The number of hydrogen-bond donors (Lipinski definition) is 0. The van der Waals surface area contributed by atoms with Crippen LogP contribution in [-0.4, -0.2) is 17.9 Å². The normalized spacial score (nSPS) is 9.81. The molecule has 0 rings (SSSR count). The van der Waals surface area contributed by atoms with Crippen LogP contribution in [0.5, 0.6) is 0 Å². The second-order valence-corrected chi connectivity index (χ2v) is 9.73. The number of carboxylic acid groups (broad SMARTS) is 3. The molecule has 0 aliphatic rings. The Labute approximate surface area is 254 Å². The summed E-state index contributed by atoms with van der Waals surface area (Å²) < 4.78 is 0. The Hall–Kier alpha value is -0.486. The average Bonchev–Trinajstić information content (AvgIpc) is 2.83. The molecule has 0 spiro atoms. The van der Waals surface area contributed by atoms with E-state index in [0.717, 1.165) is 38.5 Å². The van der Waals surface area contributed by atoms with E-state index in [1.54, 1.807) is 0 Å². The molecule has 0 unspecified atom stereocenters. The predicted molar refractivity (Wildman–Crippen MR) is 143 cm³/mol. The van der Waals surface area contributed by atoms with Gasteiger partial charge >= 0.3 is 32.7 Å². The molecule has 0 saturated heterocycles. The molecule has 0 N–H and O–H groups in total. The number of aliphatic carboxylic acids is 3. The van der Waals surface area contributed by atoms with E-state index in [-0.39, 0.29) is 52.0 Å². The molecule has 6 nitrogen and oxygen atoms in total. The van der Waals surface area contributed by atoms with Crippen LogP contribution in [0.3, 0.4) is 0 Å². The van der Waals surface area contributed by atoms with Gasteiger partial charge in [-0.3, -0.25) is 0 Å². The van der Waals surface area contributed by atoms with Crippen LogP contribution in [0.2, 0.25) is 0 Å². The van der Waals surface area contributed by atoms with Gasteiger partial charge in [-0.15, -0.1) is 0 Å². The first kappa shape index (κ1) is 43.6. The number of rotatable bonds is 24. The largest absolute Gasteiger partial charge is 3.00 e. The Kier molecular flexibility index (Phi) is 47.1. The summed E-state index contributed by atoms with van der Waals surface area (Å²) >= 11 is 0. The molecular weight excluding hydrogens is 545 g/mol. The standard InChI is InChI=1S/3C10H20O2.Y/c3*1-2-3-4-5-6-7-8-9-10(11)12;/h3*2-9H2,1H3,(H,11,12);/q;;;+3/p-3. The van der Waals surface area contributed by atoms with Crippen molar-refractivity contribution in [2.75, 3.05) is 0 Å². The molecule has 0 radical (unpaired) electrons. The minimum Gasteiger partial charge on any atom is -0.550 e. The number of carboxylic acids is 3. The minimum absolute atomic E-state index is 0. The Morgan fingerprint density at radius 3 is 0.676 bits per heavy atom. The minimum atomic E-state index is -0.913. The van der Waals surface area contributed by atoms with Gasteiger partial charge in [0.2, 0.25) is 0 Å². The van der Waals surface area contributed by atoms with Gasteiger partial charge in [-0.1, -0.05) is 136 Å². The van der Waals surface area contributed by atoms with Crippen molar-refractivity contribution < 1.29 is 62.4 Å². The van der Waals surface area contributed by atoms with Crippen molar-refractivity contribution in [3.8, 4) is 0 Å². The summed E-state index contributed by atoms with van der Waals surface area (Å²) in [6.45, 7) is 6.57. The van der Waals surface area contributed by atoms with Gasteiger partial charge < -0.3 is 29.7 Å². The van der Waals surface area contributed by atoms with Crippen molar-refractivity contribution in [1.82, 2.24) is 0 Å². The molecule has 0 aromatic carbocycles. The molecule has 0 aliphatic heterocycles. The Morgan fingerprint density at radius 1 is 0.351 bits per heavy atom. The van der Waals surface area contributed by atoms with Gasteiger partial charge in [0.15, 0.2) is 0 Å². The van der Waals surface area contributed by atoms with Crippen LogP contribution in [0.25, 0.3) is 0 Å². The zero-order chi connectivity index (χ0) is 27.7. The van der Waals surface area contributed by atoms with E-state index in [0.29, 0.717) is 0 Å². The summed E-state index contributed by atoms with van der Waals surface area (Å²) in [5, 5.41) is 30.1. The molecule has 0 atom stereocenters. The average molecular weight is 603 g/mol. The van der Waals surface area contributed by atoms with E-state index in [2.05, 4.69) is 20.8 Å². The molecule has 0 bridgehead atoms. The SMILES string of the molecule is CCCCCCCCCC(=O)[O-].CCCCCCCCCC(=O)[O-].CCCCCCCCCC(=O)[O-].[Y+3]. The first-order valence-electron chi connectivity index (χ1n) is 14.9. The van der Waals surface area contributed by atoms with E-state index >= 15 is 0 Å². The van der Waals surface area contributed by atoms with Gasteiger partial charge in [-0.25, -0.2) is 0 Å². The van der Waals surface area contributed by atoms with E-state index < -0.39 is 17.9 Å². The van der Waals surface area contributed by atoms with Gasteiger partial charge in [0.1, 0.15) is 0 Å². The third-order valence-electron chi connectivity index (χ3n) is 5.95. The molecule has 37 heavy (non-hydrogen) atoms. The van der Waals surface area contributed by atoms with Crippen LogP contribution in [0, 0.1) is 0 Å². The first-order chi connectivity index (χ1) is 17.3. The van der Waals surface area contributed by atoms with Gasteiger partial charge in [0, 0.05) is 17.9 Å². The summed E-state index contributed by atoms with van der Waals surface area (Å²) in [6.07, 6.45) is 25.0. The third kappa shape index (κ3) is 56.7. The fourth-order valence-electron chi connectivity index (χ4n) is 3.68. The van der Waals surface area contributed by atoms with Crippen LogP contribution in [0.15, 0.2) is 0 Å². The van der Waals surface area contributed by atoms with Crippen molar-refractivity contribution in [3.05, 3.63) is 0 Å². The molecule has 0 heterocycles. The summed E-state index contributed by atoms with van der Waals surface area (Å²) in [6, 6.07) is 0.